The summed E-state index contributed by atoms with van der Waals surface area (Å²) in [6, 6.07) is 25.9. The minimum atomic E-state index is 0.162. The second-order valence-corrected chi connectivity index (χ2v) is 6.71. The quantitative estimate of drug-likeness (QED) is 0.471. The zero-order valence-electron chi connectivity index (χ0n) is 16.4. The van der Waals surface area contributed by atoms with Gasteiger partial charge in [0.05, 0.1) is 6.10 Å². The summed E-state index contributed by atoms with van der Waals surface area (Å²) < 4.78 is 17.2. The van der Waals surface area contributed by atoms with Crippen LogP contribution >= 0.6 is 0 Å². The molecule has 0 aromatic heterocycles. The zero-order valence-corrected chi connectivity index (χ0v) is 16.4. The Balaban J connectivity index is 1.47. The van der Waals surface area contributed by atoms with Gasteiger partial charge in [-0.25, -0.2) is 0 Å². The van der Waals surface area contributed by atoms with Gasteiger partial charge in [-0.1, -0.05) is 36.4 Å². The van der Waals surface area contributed by atoms with Crippen molar-refractivity contribution in [3.05, 3.63) is 84.4 Å². The molecule has 0 aliphatic rings. The lowest BCUT2D eigenvalue weighted by molar-refractivity contribution is 0.217. The van der Waals surface area contributed by atoms with Crippen LogP contribution in [0.1, 0.15) is 19.4 Å². The first kappa shape index (κ1) is 19.6. The molecular formula is C24H27NO3. The predicted molar refractivity (Wildman–Crippen MR) is 113 cm³/mol. The summed E-state index contributed by atoms with van der Waals surface area (Å²) in [5.74, 6) is 2.57. The van der Waals surface area contributed by atoms with Crippen molar-refractivity contribution in [2.45, 2.75) is 26.5 Å². The van der Waals surface area contributed by atoms with Gasteiger partial charge in [-0.3, -0.25) is 0 Å². The number of hydrogen-bond acceptors (Lipinski definition) is 4. The van der Waals surface area contributed by atoms with Gasteiger partial charge in [0.1, 0.15) is 30.5 Å². The third kappa shape index (κ3) is 6.54. The maximum Gasteiger partial charge on any atom is 0.122 e. The molecule has 0 radical (unpaired) electrons. The molecule has 1 N–H and O–H groups in total. The maximum atomic E-state index is 5.81. The second-order valence-electron chi connectivity index (χ2n) is 6.71. The Kier molecular flexibility index (Phi) is 7.19. The van der Waals surface area contributed by atoms with Crippen molar-refractivity contribution < 1.29 is 14.2 Å². The standard InChI is InChI=1S/C24H27NO3/c1-19(2)28-24-13-7-9-21(17-24)25-18-20-8-6-12-23(16-20)27-15-14-26-22-10-4-3-5-11-22/h3-13,16-17,19,25H,14-15,18H2,1-2H3. The molecule has 0 amide bonds. The van der Waals surface area contributed by atoms with E-state index in [0.717, 1.165) is 28.5 Å². The number of para-hydroxylation sites is 1. The highest BCUT2D eigenvalue weighted by Crippen LogP contribution is 2.20. The SMILES string of the molecule is CC(C)Oc1cccc(NCc2cccc(OCCOc3ccccc3)c2)c1. The van der Waals surface area contributed by atoms with Gasteiger partial charge in [-0.15, -0.1) is 0 Å². The number of benzene rings is 3. The van der Waals surface area contributed by atoms with E-state index in [2.05, 4.69) is 11.4 Å². The van der Waals surface area contributed by atoms with E-state index in [-0.39, 0.29) is 6.10 Å². The van der Waals surface area contributed by atoms with Gasteiger partial charge in [0.25, 0.3) is 0 Å². The molecule has 0 heterocycles. The van der Waals surface area contributed by atoms with Gasteiger partial charge in [-0.2, -0.15) is 0 Å². The van der Waals surface area contributed by atoms with E-state index in [1.165, 1.54) is 0 Å². The first-order chi connectivity index (χ1) is 13.7. The average molecular weight is 377 g/mol. The van der Waals surface area contributed by atoms with Crippen LogP contribution in [0.25, 0.3) is 0 Å². The van der Waals surface area contributed by atoms with Crippen molar-refractivity contribution in [1.29, 1.82) is 0 Å². The van der Waals surface area contributed by atoms with Crippen LogP contribution in [0.2, 0.25) is 0 Å². The van der Waals surface area contributed by atoms with Gasteiger partial charge in [0.15, 0.2) is 0 Å². The Labute approximate surface area is 167 Å². The Morgan fingerprint density at radius 1 is 0.714 bits per heavy atom. The summed E-state index contributed by atoms with van der Waals surface area (Å²) in [6.45, 7) is 5.77. The fourth-order valence-electron chi connectivity index (χ4n) is 2.74. The normalized spacial score (nSPS) is 10.5. The van der Waals surface area contributed by atoms with Gasteiger partial charge < -0.3 is 19.5 Å². The average Bonchev–Trinajstić information content (AvgIpc) is 2.71. The van der Waals surface area contributed by atoms with Crippen molar-refractivity contribution >= 4 is 5.69 Å². The van der Waals surface area contributed by atoms with Crippen LogP contribution in [-0.2, 0) is 6.54 Å². The highest BCUT2D eigenvalue weighted by Gasteiger charge is 2.01. The molecule has 146 valence electrons. The Hall–Kier alpha value is -3.14. The molecule has 0 unspecified atom stereocenters. The van der Waals surface area contributed by atoms with E-state index in [0.29, 0.717) is 19.8 Å². The van der Waals surface area contributed by atoms with E-state index >= 15 is 0 Å². The number of hydrogen-bond donors (Lipinski definition) is 1. The van der Waals surface area contributed by atoms with Gasteiger partial charge in [-0.05, 0) is 55.8 Å². The van der Waals surface area contributed by atoms with Crippen LogP contribution in [0.5, 0.6) is 17.2 Å². The number of anilines is 1. The maximum absolute atomic E-state index is 5.81. The molecule has 0 spiro atoms. The van der Waals surface area contributed by atoms with E-state index in [4.69, 9.17) is 14.2 Å². The molecule has 0 aliphatic heterocycles. The lowest BCUT2D eigenvalue weighted by Gasteiger charge is -2.13. The molecule has 28 heavy (non-hydrogen) atoms. The van der Waals surface area contributed by atoms with Crippen LogP contribution in [0, 0.1) is 0 Å². The minimum absolute atomic E-state index is 0.162. The van der Waals surface area contributed by atoms with Crippen molar-refractivity contribution in [1.82, 2.24) is 0 Å². The lowest BCUT2D eigenvalue weighted by atomic mass is 10.2. The van der Waals surface area contributed by atoms with Crippen LogP contribution < -0.4 is 19.5 Å². The van der Waals surface area contributed by atoms with Crippen LogP contribution in [-0.4, -0.2) is 19.3 Å². The van der Waals surface area contributed by atoms with Gasteiger partial charge in [0.2, 0.25) is 0 Å². The Morgan fingerprint density at radius 3 is 2.18 bits per heavy atom. The molecule has 0 saturated heterocycles. The summed E-state index contributed by atoms with van der Waals surface area (Å²) >= 11 is 0. The van der Waals surface area contributed by atoms with Crippen LogP contribution in [0.4, 0.5) is 5.69 Å². The second kappa shape index (κ2) is 10.3. The smallest absolute Gasteiger partial charge is 0.122 e. The lowest BCUT2D eigenvalue weighted by Crippen LogP contribution is -2.09. The monoisotopic (exact) mass is 377 g/mol. The molecule has 0 aliphatic carbocycles. The zero-order chi connectivity index (χ0) is 19.6. The highest BCUT2D eigenvalue weighted by molar-refractivity contribution is 5.48. The fraction of sp³-hybridized carbons (Fsp3) is 0.250. The molecule has 4 nitrogen and oxygen atoms in total. The van der Waals surface area contributed by atoms with E-state index in [9.17, 15) is 0 Å². The van der Waals surface area contributed by atoms with Crippen molar-refractivity contribution in [3.8, 4) is 17.2 Å². The number of ether oxygens (including phenoxy) is 3. The summed E-state index contributed by atoms with van der Waals surface area (Å²) in [7, 11) is 0. The third-order valence-corrected chi connectivity index (χ3v) is 3.96. The molecule has 0 atom stereocenters. The summed E-state index contributed by atoms with van der Waals surface area (Å²) in [4.78, 5) is 0. The van der Waals surface area contributed by atoms with Crippen molar-refractivity contribution in [3.63, 3.8) is 0 Å². The van der Waals surface area contributed by atoms with Crippen LogP contribution in [0.3, 0.4) is 0 Å². The molecule has 3 aromatic carbocycles. The molecule has 0 fully saturated rings. The summed E-state index contributed by atoms with van der Waals surface area (Å²) in [6.07, 6.45) is 0.162. The molecule has 3 rings (SSSR count). The fourth-order valence-corrected chi connectivity index (χ4v) is 2.74. The van der Waals surface area contributed by atoms with E-state index in [1.807, 2.05) is 86.6 Å². The number of nitrogens with one attached hydrogen (secondary N) is 1. The van der Waals surface area contributed by atoms with Gasteiger partial charge >= 0.3 is 0 Å². The third-order valence-electron chi connectivity index (χ3n) is 3.96. The van der Waals surface area contributed by atoms with Crippen molar-refractivity contribution in [2.75, 3.05) is 18.5 Å². The molecule has 0 saturated carbocycles. The first-order valence-corrected chi connectivity index (χ1v) is 9.59. The van der Waals surface area contributed by atoms with Gasteiger partial charge in [0, 0.05) is 18.3 Å². The van der Waals surface area contributed by atoms with Crippen molar-refractivity contribution in [2.24, 2.45) is 0 Å². The topological polar surface area (TPSA) is 39.7 Å². The molecule has 0 bridgehead atoms. The molecule has 4 heteroatoms. The molecular weight excluding hydrogens is 350 g/mol. The summed E-state index contributed by atoms with van der Waals surface area (Å²) in [5, 5.41) is 3.43. The van der Waals surface area contributed by atoms with E-state index in [1.54, 1.807) is 0 Å². The first-order valence-electron chi connectivity index (χ1n) is 9.59. The highest BCUT2D eigenvalue weighted by atomic mass is 16.5. The Bertz CT molecular complexity index is 849. The van der Waals surface area contributed by atoms with Crippen LogP contribution in [0.15, 0.2) is 78.9 Å². The van der Waals surface area contributed by atoms with E-state index < -0.39 is 0 Å². The summed E-state index contributed by atoms with van der Waals surface area (Å²) in [5.41, 5.74) is 2.18. The minimum Gasteiger partial charge on any atom is -0.491 e. The number of rotatable bonds is 10. The Morgan fingerprint density at radius 2 is 1.39 bits per heavy atom. The predicted octanol–water partition coefficient (Wildman–Crippen LogP) is 5.54. The molecule has 3 aromatic rings. The largest absolute Gasteiger partial charge is 0.491 e.